The van der Waals surface area contributed by atoms with E-state index in [-0.39, 0.29) is 10.4 Å². The van der Waals surface area contributed by atoms with Crippen molar-refractivity contribution in [2.75, 3.05) is 41.9 Å². The maximum Gasteiger partial charge on any atom is 0.269 e. The highest BCUT2D eigenvalue weighted by molar-refractivity contribution is 7.99. The molecule has 0 bridgehead atoms. The zero-order chi connectivity index (χ0) is 18.5. The standard InChI is InChI=1S/C17H21N5O2S2/c23-22(24)16-7-3-14(4-8-16)19-18-13-1-5-15(6-2-13)20-9-11-21(12-10-20)17(25)26/h1-8,17-19,25-26H,9-12H2. The highest BCUT2D eigenvalue weighted by atomic mass is 32.2. The summed E-state index contributed by atoms with van der Waals surface area (Å²) in [6, 6.07) is 14.4. The lowest BCUT2D eigenvalue weighted by molar-refractivity contribution is -0.384. The number of piperazine rings is 1. The van der Waals surface area contributed by atoms with E-state index in [1.807, 2.05) is 12.1 Å². The molecule has 2 N–H and O–H groups in total. The minimum Gasteiger partial charge on any atom is -0.369 e. The smallest absolute Gasteiger partial charge is 0.269 e. The number of hydrogen-bond acceptors (Lipinski definition) is 8. The monoisotopic (exact) mass is 391 g/mol. The second-order valence-corrected chi connectivity index (χ2v) is 7.36. The van der Waals surface area contributed by atoms with Crippen LogP contribution >= 0.6 is 25.3 Å². The summed E-state index contributed by atoms with van der Waals surface area (Å²) in [4.78, 5) is 14.8. The Balaban J connectivity index is 1.52. The first kappa shape index (κ1) is 18.7. The number of hydrazine groups is 1. The number of nitrogens with one attached hydrogen (secondary N) is 2. The summed E-state index contributed by atoms with van der Waals surface area (Å²) in [7, 11) is 0. The molecule has 3 rings (SSSR count). The molecule has 1 aliphatic rings. The zero-order valence-corrected chi connectivity index (χ0v) is 15.9. The van der Waals surface area contributed by atoms with Crippen molar-refractivity contribution in [3.8, 4) is 0 Å². The van der Waals surface area contributed by atoms with Gasteiger partial charge in [-0.15, -0.1) is 25.3 Å². The molecule has 0 spiro atoms. The van der Waals surface area contributed by atoms with Crippen LogP contribution in [0, 0.1) is 10.1 Å². The Kier molecular flexibility index (Phi) is 6.12. The summed E-state index contributed by atoms with van der Waals surface area (Å²) < 4.78 is -0.00535. The van der Waals surface area contributed by atoms with Crippen LogP contribution in [0.25, 0.3) is 0 Å². The molecule has 0 saturated carbocycles. The molecule has 1 saturated heterocycles. The van der Waals surface area contributed by atoms with Gasteiger partial charge >= 0.3 is 0 Å². The molecular weight excluding hydrogens is 370 g/mol. The Labute approximate surface area is 163 Å². The van der Waals surface area contributed by atoms with Gasteiger partial charge in [0.2, 0.25) is 0 Å². The van der Waals surface area contributed by atoms with Crippen molar-refractivity contribution in [3.63, 3.8) is 0 Å². The fraction of sp³-hybridized carbons (Fsp3) is 0.294. The van der Waals surface area contributed by atoms with Crippen molar-refractivity contribution < 1.29 is 4.92 Å². The Morgan fingerprint density at radius 3 is 1.85 bits per heavy atom. The third-order valence-electron chi connectivity index (χ3n) is 4.30. The Bertz CT molecular complexity index is 732. The molecule has 0 radical (unpaired) electrons. The van der Waals surface area contributed by atoms with Crippen LogP contribution in [0.5, 0.6) is 0 Å². The van der Waals surface area contributed by atoms with Crippen molar-refractivity contribution in [1.82, 2.24) is 4.90 Å². The first-order chi connectivity index (χ1) is 12.5. The minimum absolute atomic E-state index is 0.00535. The number of thiol groups is 2. The van der Waals surface area contributed by atoms with Gasteiger partial charge in [0.15, 0.2) is 0 Å². The average molecular weight is 392 g/mol. The predicted molar refractivity (Wildman–Crippen MR) is 112 cm³/mol. The Morgan fingerprint density at radius 1 is 0.885 bits per heavy atom. The van der Waals surface area contributed by atoms with Gasteiger partial charge in [-0.05, 0) is 36.4 Å². The largest absolute Gasteiger partial charge is 0.369 e. The molecular formula is C17H21N5O2S2. The Hall–Kier alpha value is -2.10. The van der Waals surface area contributed by atoms with Crippen LogP contribution in [-0.2, 0) is 0 Å². The predicted octanol–water partition coefficient (Wildman–Crippen LogP) is 3.30. The molecule has 1 aliphatic heterocycles. The van der Waals surface area contributed by atoms with Crippen molar-refractivity contribution in [1.29, 1.82) is 0 Å². The van der Waals surface area contributed by atoms with Gasteiger partial charge in [0.25, 0.3) is 5.69 Å². The van der Waals surface area contributed by atoms with E-state index in [2.05, 4.69) is 58.0 Å². The molecule has 0 amide bonds. The number of benzene rings is 2. The van der Waals surface area contributed by atoms with Gasteiger partial charge in [0.05, 0.1) is 21.0 Å². The van der Waals surface area contributed by atoms with Crippen molar-refractivity contribution in [2.45, 2.75) is 4.71 Å². The molecule has 0 aromatic heterocycles. The third-order valence-corrected chi connectivity index (χ3v) is 4.96. The molecule has 0 aliphatic carbocycles. The molecule has 2 aromatic rings. The van der Waals surface area contributed by atoms with Crippen LogP contribution in [-0.4, -0.2) is 40.7 Å². The topological polar surface area (TPSA) is 73.7 Å². The number of nitro benzene ring substituents is 1. The molecule has 2 aromatic carbocycles. The first-order valence-corrected chi connectivity index (χ1v) is 9.28. The highest BCUT2D eigenvalue weighted by Crippen LogP contribution is 2.22. The number of rotatable bonds is 6. The van der Waals surface area contributed by atoms with Crippen molar-refractivity contribution >= 4 is 48.0 Å². The fourth-order valence-electron chi connectivity index (χ4n) is 2.78. The highest BCUT2D eigenvalue weighted by Gasteiger charge is 2.19. The van der Waals surface area contributed by atoms with Crippen LogP contribution < -0.4 is 15.8 Å². The third kappa shape index (κ3) is 4.75. The molecule has 9 heteroatoms. The van der Waals surface area contributed by atoms with Gasteiger partial charge in [-0.3, -0.25) is 15.0 Å². The van der Waals surface area contributed by atoms with E-state index in [0.717, 1.165) is 37.6 Å². The van der Waals surface area contributed by atoms with E-state index >= 15 is 0 Å². The van der Waals surface area contributed by atoms with E-state index in [9.17, 15) is 10.1 Å². The van der Waals surface area contributed by atoms with Gasteiger partial charge in [-0.2, -0.15) is 0 Å². The number of anilines is 3. The second kappa shape index (κ2) is 8.52. The van der Waals surface area contributed by atoms with E-state index in [1.165, 1.54) is 17.8 Å². The number of non-ortho nitro benzene ring substituents is 1. The summed E-state index contributed by atoms with van der Waals surface area (Å²) >= 11 is 8.73. The van der Waals surface area contributed by atoms with E-state index in [1.54, 1.807) is 12.1 Å². The molecule has 1 heterocycles. The molecule has 0 unspecified atom stereocenters. The fourth-order valence-corrected chi connectivity index (χ4v) is 3.24. The summed E-state index contributed by atoms with van der Waals surface area (Å²) in [5, 5.41) is 10.7. The number of nitrogens with zero attached hydrogens (tertiary/aromatic N) is 3. The summed E-state index contributed by atoms with van der Waals surface area (Å²) in [5.41, 5.74) is 9.05. The summed E-state index contributed by atoms with van der Waals surface area (Å²) in [6.45, 7) is 3.79. The van der Waals surface area contributed by atoms with Gasteiger partial charge in [-0.1, -0.05) is 0 Å². The van der Waals surface area contributed by atoms with Crippen molar-refractivity contribution in [2.24, 2.45) is 0 Å². The van der Waals surface area contributed by atoms with Gasteiger partial charge < -0.3 is 15.8 Å². The molecule has 138 valence electrons. The van der Waals surface area contributed by atoms with Crippen molar-refractivity contribution in [3.05, 3.63) is 58.6 Å². The number of hydrogen-bond donors (Lipinski definition) is 4. The minimum atomic E-state index is -0.414. The lowest BCUT2D eigenvalue weighted by Crippen LogP contribution is -2.47. The summed E-state index contributed by atoms with van der Waals surface area (Å²) in [6.07, 6.45) is 0. The zero-order valence-electron chi connectivity index (χ0n) is 14.1. The van der Waals surface area contributed by atoms with Crippen LogP contribution in [0.3, 0.4) is 0 Å². The average Bonchev–Trinajstić information content (AvgIpc) is 2.67. The maximum atomic E-state index is 10.7. The van der Waals surface area contributed by atoms with Gasteiger partial charge in [0, 0.05) is 44.0 Å². The van der Waals surface area contributed by atoms with Gasteiger partial charge in [-0.25, -0.2) is 0 Å². The normalized spacial score (nSPS) is 15.1. The lowest BCUT2D eigenvalue weighted by atomic mass is 10.2. The summed E-state index contributed by atoms with van der Waals surface area (Å²) in [5.74, 6) is 0. The van der Waals surface area contributed by atoms with Crippen LogP contribution in [0.1, 0.15) is 0 Å². The van der Waals surface area contributed by atoms with Crippen LogP contribution in [0.2, 0.25) is 0 Å². The lowest BCUT2D eigenvalue weighted by Gasteiger charge is -2.37. The number of nitro groups is 1. The van der Waals surface area contributed by atoms with E-state index in [4.69, 9.17) is 0 Å². The van der Waals surface area contributed by atoms with E-state index in [0.29, 0.717) is 0 Å². The van der Waals surface area contributed by atoms with Crippen LogP contribution in [0.15, 0.2) is 48.5 Å². The SMILES string of the molecule is O=[N+]([O-])c1ccc(NNc2ccc(N3CCN(C(S)S)CC3)cc2)cc1. The van der Waals surface area contributed by atoms with Crippen LogP contribution in [0.4, 0.5) is 22.7 Å². The van der Waals surface area contributed by atoms with Gasteiger partial charge in [0.1, 0.15) is 0 Å². The quantitative estimate of drug-likeness (QED) is 0.262. The molecule has 0 atom stereocenters. The molecule has 1 fully saturated rings. The Morgan fingerprint density at radius 2 is 1.38 bits per heavy atom. The second-order valence-electron chi connectivity index (χ2n) is 5.97. The maximum absolute atomic E-state index is 10.7. The molecule has 26 heavy (non-hydrogen) atoms. The first-order valence-electron chi connectivity index (χ1n) is 8.24. The van der Waals surface area contributed by atoms with E-state index < -0.39 is 4.92 Å². The molecule has 7 nitrogen and oxygen atoms in total.